The van der Waals surface area contributed by atoms with E-state index in [0.29, 0.717) is 19.3 Å². The number of unbranched alkanes of at least 4 members (excludes halogenated alkanes) is 41. The van der Waals surface area contributed by atoms with E-state index in [1.807, 2.05) is 0 Å². The second kappa shape index (κ2) is 54.8. The van der Waals surface area contributed by atoms with Gasteiger partial charge >= 0.3 is 17.9 Å². The van der Waals surface area contributed by atoms with Gasteiger partial charge in [0.15, 0.2) is 6.10 Å². The molecule has 1 unspecified atom stereocenters. The number of rotatable bonds is 54. The highest BCUT2D eigenvalue weighted by atomic mass is 16.6. The molecular formula is C59H112O6. The number of carbonyl (C=O) groups is 3. The fraction of sp³-hybridized carbons (Fsp3) is 0.915. The summed E-state index contributed by atoms with van der Waals surface area (Å²) >= 11 is 0. The molecule has 1 atom stereocenters. The monoisotopic (exact) mass is 917 g/mol. The van der Waals surface area contributed by atoms with E-state index in [0.717, 1.165) is 70.6 Å². The first-order valence-corrected chi connectivity index (χ1v) is 29.2. The lowest BCUT2D eigenvalue weighted by Gasteiger charge is -2.18. The molecule has 0 radical (unpaired) electrons. The van der Waals surface area contributed by atoms with Crippen LogP contribution in [-0.4, -0.2) is 37.2 Å². The third-order valence-electron chi connectivity index (χ3n) is 13.3. The smallest absolute Gasteiger partial charge is 0.306 e. The zero-order valence-electron chi connectivity index (χ0n) is 44.0. The van der Waals surface area contributed by atoms with Gasteiger partial charge in [-0.3, -0.25) is 14.4 Å². The van der Waals surface area contributed by atoms with Crippen molar-refractivity contribution in [3.05, 3.63) is 12.2 Å². The second-order valence-corrected chi connectivity index (χ2v) is 19.9. The molecule has 0 fully saturated rings. The van der Waals surface area contributed by atoms with Gasteiger partial charge in [-0.1, -0.05) is 283 Å². The Morgan fingerprint density at radius 3 is 0.831 bits per heavy atom. The molecule has 0 saturated heterocycles. The van der Waals surface area contributed by atoms with Crippen LogP contribution in [-0.2, 0) is 28.6 Å². The largest absolute Gasteiger partial charge is 0.462 e. The van der Waals surface area contributed by atoms with Crippen molar-refractivity contribution in [2.45, 2.75) is 335 Å². The van der Waals surface area contributed by atoms with E-state index in [1.54, 1.807) is 0 Å². The number of hydrogen-bond donors (Lipinski definition) is 0. The molecule has 0 aliphatic rings. The van der Waals surface area contributed by atoms with Gasteiger partial charge in [-0.25, -0.2) is 0 Å². The minimum absolute atomic E-state index is 0.0687. The predicted octanol–water partition coefficient (Wildman–Crippen LogP) is 19.3. The molecule has 0 aliphatic heterocycles. The first kappa shape index (κ1) is 63.1. The van der Waals surface area contributed by atoms with Crippen LogP contribution in [0.4, 0.5) is 0 Å². The molecule has 6 heteroatoms. The number of ether oxygens (including phenoxy) is 3. The third kappa shape index (κ3) is 53.0. The third-order valence-corrected chi connectivity index (χ3v) is 13.3. The molecule has 0 aromatic heterocycles. The Hall–Kier alpha value is -1.85. The summed E-state index contributed by atoms with van der Waals surface area (Å²) in [5.74, 6) is -0.867. The highest BCUT2D eigenvalue weighted by molar-refractivity contribution is 5.71. The molecule has 0 heterocycles. The molecule has 0 bridgehead atoms. The number of carbonyl (C=O) groups excluding carboxylic acids is 3. The van der Waals surface area contributed by atoms with E-state index in [1.165, 1.54) is 218 Å². The summed E-state index contributed by atoms with van der Waals surface area (Å²) in [4.78, 5) is 37.8. The number of esters is 3. The Morgan fingerprint density at radius 1 is 0.292 bits per heavy atom. The maximum atomic E-state index is 12.7. The van der Waals surface area contributed by atoms with E-state index in [2.05, 4.69) is 32.9 Å². The Morgan fingerprint density at radius 2 is 0.538 bits per heavy atom. The molecule has 0 aromatic rings. The first-order chi connectivity index (χ1) is 32.0. The summed E-state index contributed by atoms with van der Waals surface area (Å²) in [7, 11) is 0. The van der Waals surface area contributed by atoms with Crippen molar-refractivity contribution in [1.82, 2.24) is 0 Å². The first-order valence-electron chi connectivity index (χ1n) is 29.2. The maximum Gasteiger partial charge on any atom is 0.306 e. The quantitative estimate of drug-likeness (QED) is 0.0262. The molecule has 0 amide bonds. The lowest BCUT2D eigenvalue weighted by molar-refractivity contribution is -0.167. The summed E-state index contributed by atoms with van der Waals surface area (Å²) in [6.45, 7) is 6.58. The van der Waals surface area contributed by atoms with Crippen molar-refractivity contribution in [3.63, 3.8) is 0 Å². The number of allylic oxidation sites excluding steroid dienone is 2. The Labute approximate surface area is 405 Å². The predicted molar refractivity (Wildman–Crippen MR) is 280 cm³/mol. The Kier molecular flexibility index (Phi) is 53.2. The Bertz CT molecular complexity index is 1010. The van der Waals surface area contributed by atoms with Gasteiger partial charge in [0.05, 0.1) is 0 Å². The van der Waals surface area contributed by atoms with Crippen molar-refractivity contribution < 1.29 is 28.6 Å². The van der Waals surface area contributed by atoms with Crippen molar-refractivity contribution in [1.29, 1.82) is 0 Å². The average Bonchev–Trinajstić information content (AvgIpc) is 3.30. The van der Waals surface area contributed by atoms with Gasteiger partial charge in [0.2, 0.25) is 0 Å². The summed E-state index contributed by atoms with van der Waals surface area (Å²) in [6.07, 6.45) is 62.6. The topological polar surface area (TPSA) is 78.9 Å². The van der Waals surface area contributed by atoms with Crippen LogP contribution in [0, 0.1) is 0 Å². The van der Waals surface area contributed by atoms with Crippen LogP contribution in [0.25, 0.3) is 0 Å². The minimum atomic E-state index is -0.766. The van der Waals surface area contributed by atoms with Gasteiger partial charge in [0.1, 0.15) is 13.2 Å². The summed E-state index contributed by atoms with van der Waals surface area (Å²) in [6, 6.07) is 0. The SMILES string of the molecule is CCC/C=C\CCCCCCCC(=O)OC(COC(=O)CCCCCCCCCC)COC(=O)CCCCCCCCCCCCCCCCCCCCCCCCCCCCCCC. The Balaban J connectivity index is 3.94. The fourth-order valence-corrected chi connectivity index (χ4v) is 8.86. The van der Waals surface area contributed by atoms with Crippen molar-refractivity contribution in [2.24, 2.45) is 0 Å². The average molecular weight is 918 g/mol. The molecular weight excluding hydrogens is 805 g/mol. The van der Waals surface area contributed by atoms with Gasteiger partial charge in [0.25, 0.3) is 0 Å². The molecule has 65 heavy (non-hydrogen) atoms. The van der Waals surface area contributed by atoms with Gasteiger partial charge in [-0.05, 0) is 38.5 Å². The minimum Gasteiger partial charge on any atom is -0.462 e. The zero-order chi connectivity index (χ0) is 47.2. The van der Waals surface area contributed by atoms with Crippen LogP contribution < -0.4 is 0 Å². The highest BCUT2D eigenvalue weighted by Gasteiger charge is 2.19. The molecule has 0 spiro atoms. The highest BCUT2D eigenvalue weighted by Crippen LogP contribution is 2.18. The van der Waals surface area contributed by atoms with E-state index < -0.39 is 6.10 Å². The molecule has 0 aromatic carbocycles. The van der Waals surface area contributed by atoms with Gasteiger partial charge in [-0.2, -0.15) is 0 Å². The fourth-order valence-electron chi connectivity index (χ4n) is 8.86. The second-order valence-electron chi connectivity index (χ2n) is 19.9. The number of hydrogen-bond acceptors (Lipinski definition) is 6. The maximum absolute atomic E-state index is 12.7. The van der Waals surface area contributed by atoms with Crippen LogP contribution in [0.3, 0.4) is 0 Å². The van der Waals surface area contributed by atoms with Crippen molar-refractivity contribution >= 4 is 17.9 Å². The van der Waals surface area contributed by atoms with E-state index in [4.69, 9.17) is 14.2 Å². The molecule has 0 N–H and O–H groups in total. The lowest BCUT2D eigenvalue weighted by Crippen LogP contribution is -2.30. The summed E-state index contributed by atoms with van der Waals surface area (Å²) in [5, 5.41) is 0. The molecule has 384 valence electrons. The van der Waals surface area contributed by atoms with Crippen LogP contribution in [0.2, 0.25) is 0 Å². The normalized spacial score (nSPS) is 12.0. The standard InChI is InChI=1S/C59H112O6/c1-4-7-10-13-16-19-21-22-23-24-25-26-27-28-29-30-31-32-33-34-35-36-37-38-39-41-43-46-49-52-58(61)64-55-56(54-63-57(60)51-48-45-42-18-15-12-9-6-3)65-59(62)53-50-47-44-40-20-17-14-11-8-5-2/h11,14,56H,4-10,12-13,15-55H2,1-3H3/b14-11-. The zero-order valence-corrected chi connectivity index (χ0v) is 44.0. The van der Waals surface area contributed by atoms with E-state index in [9.17, 15) is 14.4 Å². The summed E-state index contributed by atoms with van der Waals surface area (Å²) < 4.78 is 16.7. The van der Waals surface area contributed by atoms with Crippen molar-refractivity contribution in [2.75, 3.05) is 13.2 Å². The van der Waals surface area contributed by atoms with Crippen LogP contribution in [0.5, 0.6) is 0 Å². The van der Waals surface area contributed by atoms with Gasteiger partial charge < -0.3 is 14.2 Å². The summed E-state index contributed by atoms with van der Waals surface area (Å²) in [5.41, 5.74) is 0. The molecule has 6 nitrogen and oxygen atoms in total. The van der Waals surface area contributed by atoms with E-state index in [-0.39, 0.29) is 31.1 Å². The lowest BCUT2D eigenvalue weighted by atomic mass is 10.0. The molecule has 0 rings (SSSR count). The van der Waals surface area contributed by atoms with Gasteiger partial charge in [0, 0.05) is 19.3 Å². The van der Waals surface area contributed by atoms with Crippen LogP contribution >= 0.6 is 0 Å². The molecule has 0 aliphatic carbocycles. The van der Waals surface area contributed by atoms with Gasteiger partial charge in [-0.15, -0.1) is 0 Å². The van der Waals surface area contributed by atoms with Crippen molar-refractivity contribution in [3.8, 4) is 0 Å². The van der Waals surface area contributed by atoms with Crippen LogP contribution in [0.15, 0.2) is 12.2 Å². The van der Waals surface area contributed by atoms with E-state index >= 15 is 0 Å². The van der Waals surface area contributed by atoms with Crippen LogP contribution in [0.1, 0.15) is 329 Å². The molecule has 0 saturated carbocycles.